The Bertz CT molecular complexity index is 1040. The van der Waals surface area contributed by atoms with Gasteiger partial charge in [0.2, 0.25) is 0 Å². The second kappa shape index (κ2) is 16.2. The van der Waals surface area contributed by atoms with Crippen molar-refractivity contribution in [3.05, 3.63) is 42.2 Å². The second-order valence-corrected chi connectivity index (χ2v) is 18.9. The summed E-state index contributed by atoms with van der Waals surface area (Å²) < 4.78 is 38.9. The Hall–Kier alpha value is -1.53. The van der Waals surface area contributed by atoms with Crippen LogP contribution >= 0.6 is 11.6 Å². The maximum absolute atomic E-state index is 7.15. The predicted octanol–water partition coefficient (Wildman–Crippen LogP) is 8.45. The third-order valence-electron chi connectivity index (χ3n) is 9.39. The number of benzene rings is 1. The lowest BCUT2D eigenvalue weighted by atomic mass is 9.87. The van der Waals surface area contributed by atoms with Crippen LogP contribution in [0.4, 0.5) is 0 Å². The number of hydrogen-bond acceptors (Lipinski definition) is 6. The van der Waals surface area contributed by atoms with Crippen LogP contribution in [0.25, 0.3) is 0 Å². The molecule has 2 aliphatic heterocycles. The van der Waals surface area contributed by atoms with Crippen molar-refractivity contribution in [2.75, 3.05) is 19.8 Å². The number of halogens is 1. The van der Waals surface area contributed by atoms with Gasteiger partial charge in [-0.05, 0) is 87.2 Å². The molecule has 4 rings (SSSR count). The number of rotatable bonds is 13. The summed E-state index contributed by atoms with van der Waals surface area (Å²) in [5.41, 5.74) is 0. The Labute approximate surface area is 266 Å². The fraction of sp³-hybridized carbons (Fsp3) is 0.714. The van der Waals surface area contributed by atoms with Crippen LogP contribution in [0.3, 0.4) is 0 Å². The van der Waals surface area contributed by atoms with E-state index in [4.69, 9.17) is 46.1 Å². The van der Waals surface area contributed by atoms with E-state index < -0.39 is 13.7 Å². The van der Waals surface area contributed by atoms with Crippen molar-refractivity contribution in [2.45, 2.75) is 127 Å². The highest BCUT2D eigenvalue weighted by molar-refractivity contribution is 6.74. The van der Waals surface area contributed by atoms with Gasteiger partial charge in [0.1, 0.15) is 11.5 Å². The third kappa shape index (κ3) is 9.98. The standard InChI is InChI=1S/C35H53ClO6Si/c1-7-26(36)24-28-30(42-43(5,6)35(2,3)4)25-31(41-33-20-12-14-22-39-33)34(28)29(40-32-19-11-13-21-38-32)18-15-23-37-27-16-9-8-10-17-27/h1,8-10,16-18,26,28,30-34H,11-15,19-25H2,2-6H3/b29-18+/t26-,28+,30+,31-,32?,33?,34+/m0/s1. The van der Waals surface area contributed by atoms with E-state index in [0.717, 1.165) is 63.1 Å². The van der Waals surface area contributed by atoms with Gasteiger partial charge in [-0.25, -0.2) is 0 Å². The summed E-state index contributed by atoms with van der Waals surface area (Å²) in [6.45, 7) is 13.4. The normalized spacial score (nSPS) is 29.6. The molecule has 1 aliphatic carbocycles. The van der Waals surface area contributed by atoms with E-state index in [1.807, 2.05) is 30.3 Å². The van der Waals surface area contributed by atoms with Crippen LogP contribution in [0.1, 0.15) is 78.6 Å². The molecule has 240 valence electrons. The zero-order valence-corrected chi connectivity index (χ0v) is 28.7. The summed E-state index contributed by atoms with van der Waals surface area (Å²) in [5, 5.41) is -0.360. The molecular formula is C35H53ClO6Si. The summed E-state index contributed by atoms with van der Waals surface area (Å²) in [6.07, 6.45) is 15.4. The van der Waals surface area contributed by atoms with Gasteiger partial charge in [-0.2, -0.15) is 0 Å². The topological polar surface area (TPSA) is 55.4 Å². The van der Waals surface area contributed by atoms with Crippen LogP contribution in [0.2, 0.25) is 18.1 Å². The maximum Gasteiger partial charge on any atom is 0.199 e. The predicted molar refractivity (Wildman–Crippen MR) is 175 cm³/mol. The number of hydrogen-bond donors (Lipinski definition) is 0. The SMILES string of the molecule is C#C[C@H](Cl)C[C@H]1[C@H](/C(=C\CCOc2ccccc2)OC2CCCCO2)[C@@H](OC2CCCCO2)C[C@H]1O[Si](C)(C)C(C)(C)C. The van der Waals surface area contributed by atoms with Gasteiger partial charge in [0.05, 0.1) is 30.8 Å². The summed E-state index contributed by atoms with van der Waals surface area (Å²) >= 11 is 6.72. The molecule has 0 aromatic heterocycles. The average Bonchev–Trinajstić information content (AvgIpc) is 3.30. The molecule has 3 fully saturated rings. The van der Waals surface area contributed by atoms with Crippen molar-refractivity contribution in [1.82, 2.24) is 0 Å². The van der Waals surface area contributed by atoms with E-state index in [-0.39, 0.29) is 41.7 Å². The molecule has 6 nitrogen and oxygen atoms in total. The monoisotopic (exact) mass is 632 g/mol. The highest BCUT2D eigenvalue weighted by atomic mass is 35.5. The summed E-state index contributed by atoms with van der Waals surface area (Å²) in [6, 6.07) is 9.90. The van der Waals surface area contributed by atoms with Crippen molar-refractivity contribution >= 4 is 19.9 Å². The summed E-state index contributed by atoms with van der Waals surface area (Å²) in [7, 11) is -2.12. The van der Waals surface area contributed by atoms with Gasteiger partial charge in [-0.3, -0.25) is 0 Å². The Morgan fingerprint density at radius 2 is 1.72 bits per heavy atom. The van der Waals surface area contributed by atoms with E-state index in [9.17, 15) is 0 Å². The number of alkyl halides is 1. The lowest BCUT2D eigenvalue weighted by Crippen LogP contribution is -2.45. The minimum atomic E-state index is -2.12. The minimum absolute atomic E-state index is 0.0196. The lowest BCUT2D eigenvalue weighted by Gasteiger charge is -2.40. The zero-order valence-electron chi connectivity index (χ0n) is 26.9. The smallest absolute Gasteiger partial charge is 0.199 e. The first-order valence-corrected chi connectivity index (χ1v) is 19.6. The summed E-state index contributed by atoms with van der Waals surface area (Å²) in [4.78, 5) is 0. The van der Waals surface area contributed by atoms with E-state index >= 15 is 0 Å². The average molecular weight is 633 g/mol. The quantitative estimate of drug-likeness (QED) is 0.0715. The molecular weight excluding hydrogens is 580 g/mol. The molecule has 0 spiro atoms. The van der Waals surface area contributed by atoms with Crippen molar-refractivity contribution in [3.8, 4) is 18.1 Å². The van der Waals surface area contributed by atoms with Gasteiger partial charge in [0, 0.05) is 25.4 Å². The highest BCUT2D eigenvalue weighted by Crippen LogP contribution is 2.48. The molecule has 0 radical (unpaired) electrons. The first-order valence-electron chi connectivity index (χ1n) is 16.3. The van der Waals surface area contributed by atoms with Gasteiger partial charge in [-0.1, -0.05) is 44.9 Å². The molecule has 8 heteroatoms. The molecule has 1 aromatic rings. The van der Waals surface area contributed by atoms with Crippen molar-refractivity contribution in [2.24, 2.45) is 11.8 Å². The van der Waals surface area contributed by atoms with Gasteiger partial charge >= 0.3 is 0 Å². The van der Waals surface area contributed by atoms with Crippen LogP contribution in [0.15, 0.2) is 42.2 Å². The van der Waals surface area contributed by atoms with Crippen molar-refractivity contribution < 1.29 is 28.1 Å². The Balaban J connectivity index is 1.66. The number of terminal acetylenes is 1. The van der Waals surface area contributed by atoms with Gasteiger partial charge in [-0.15, -0.1) is 18.0 Å². The molecule has 1 aromatic carbocycles. The largest absolute Gasteiger partial charge is 0.493 e. The van der Waals surface area contributed by atoms with Gasteiger partial charge < -0.3 is 28.1 Å². The van der Waals surface area contributed by atoms with E-state index in [1.54, 1.807) is 0 Å². The molecule has 0 amide bonds. The van der Waals surface area contributed by atoms with Crippen LogP contribution in [0.5, 0.6) is 5.75 Å². The molecule has 0 bridgehead atoms. The highest BCUT2D eigenvalue weighted by Gasteiger charge is 2.52. The van der Waals surface area contributed by atoms with Gasteiger partial charge in [0.25, 0.3) is 0 Å². The van der Waals surface area contributed by atoms with Crippen LogP contribution in [-0.4, -0.2) is 58.3 Å². The van der Waals surface area contributed by atoms with Crippen molar-refractivity contribution in [3.63, 3.8) is 0 Å². The van der Waals surface area contributed by atoms with Crippen molar-refractivity contribution in [1.29, 1.82) is 0 Å². The first kappa shape index (κ1) is 34.3. The Morgan fingerprint density at radius 3 is 2.33 bits per heavy atom. The molecule has 2 saturated heterocycles. The number of para-hydroxylation sites is 1. The van der Waals surface area contributed by atoms with Crippen LogP contribution < -0.4 is 4.74 Å². The van der Waals surface area contributed by atoms with E-state index in [0.29, 0.717) is 26.1 Å². The third-order valence-corrected chi connectivity index (χ3v) is 14.2. The minimum Gasteiger partial charge on any atom is -0.493 e. The van der Waals surface area contributed by atoms with Crippen LogP contribution in [-0.2, 0) is 23.4 Å². The molecule has 1 saturated carbocycles. The molecule has 2 unspecified atom stereocenters. The zero-order chi connectivity index (χ0) is 30.9. The van der Waals surface area contributed by atoms with E-state index in [1.165, 1.54) is 0 Å². The Kier molecular flexibility index (Phi) is 12.9. The Morgan fingerprint density at radius 1 is 1.05 bits per heavy atom. The maximum atomic E-state index is 7.15. The summed E-state index contributed by atoms with van der Waals surface area (Å²) in [5.74, 6) is 4.41. The number of ether oxygens (including phenoxy) is 5. The first-order chi connectivity index (χ1) is 20.6. The molecule has 3 aliphatic rings. The van der Waals surface area contributed by atoms with E-state index in [2.05, 4.69) is 45.9 Å². The van der Waals surface area contributed by atoms with Gasteiger partial charge in [0.15, 0.2) is 20.9 Å². The molecule has 7 atom stereocenters. The second-order valence-electron chi connectivity index (χ2n) is 13.7. The van der Waals surface area contributed by atoms with Crippen LogP contribution in [0, 0.1) is 24.2 Å². The lowest BCUT2D eigenvalue weighted by molar-refractivity contribution is -0.201. The fourth-order valence-electron chi connectivity index (χ4n) is 6.01. The molecule has 0 N–H and O–H groups in total. The molecule has 2 heterocycles. The fourth-order valence-corrected chi connectivity index (χ4v) is 7.60. The molecule has 43 heavy (non-hydrogen) atoms.